The van der Waals surface area contributed by atoms with Crippen molar-refractivity contribution in [2.75, 3.05) is 7.11 Å². The topological polar surface area (TPSA) is 44.1 Å². The van der Waals surface area contributed by atoms with Crippen LogP contribution < -0.4 is 10.3 Å². The largest absolute Gasteiger partial charge is 0.496 e. The summed E-state index contributed by atoms with van der Waals surface area (Å²) < 4.78 is 7.15. The fourth-order valence-electron chi connectivity index (χ4n) is 2.90. The summed E-state index contributed by atoms with van der Waals surface area (Å²) >= 11 is 0. The van der Waals surface area contributed by atoms with Gasteiger partial charge < -0.3 is 9.30 Å². The number of ether oxygens (including phenoxy) is 1. The average molecular weight is 308 g/mol. The van der Waals surface area contributed by atoms with Crippen LogP contribution in [0.2, 0.25) is 0 Å². The van der Waals surface area contributed by atoms with Crippen molar-refractivity contribution in [2.45, 2.75) is 19.8 Å². The molecule has 0 amide bonds. The first-order valence-corrected chi connectivity index (χ1v) is 7.64. The van der Waals surface area contributed by atoms with Gasteiger partial charge in [-0.1, -0.05) is 26.0 Å². The molecule has 23 heavy (non-hydrogen) atoms. The normalized spacial score (nSPS) is 11.2. The summed E-state index contributed by atoms with van der Waals surface area (Å²) in [6, 6.07) is 8.10. The molecule has 4 nitrogen and oxygen atoms in total. The van der Waals surface area contributed by atoms with Gasteiger partial charge in [0.05, 0.1) is 12.5 Å². The molecule has 0 radical (unpaired) electrons. The van der Waals surface area contributed by atoms with Crippen molar-refractivity contribution in [1.82, 2.24) is 9.55 Å². The number of rotatable bonds is 3. The molecule has 0 unspecified atom stereocenters. The zero-order chi connectivity index (χ0) is 16.6. The van der Waals surface area contributed by atoms with Crippen LogP contribution in [0.4, 0.5) is 0 Å². The molecule has 0 N–H and O–H groups in total. The van der Waals surface area contributed by atoms with Crippen LogP contribution in [0.25, 0.3) is 21.9 Å². The highest BCUT2D eigenvalue weighted by atomic mass is 16.5. The minimum Gasteiger partial charge on any atom is -0.496 e. The summed E-state index contributed by atoms with van der Waals surface area (Å²) in [6.45, 7) is 4.29. The third-order valence-corrected chi connectivity index (χ3v) is 4.15. The lowest BCUT2D eigenvalue weighted by atomic mass is 9.96. The van der Waals surface area contributed by atoms with Gasteiger partial charge in [-0.3, -0.25) is 9.78 Å². The Morgan fingerprint density at radius 1 is 1.17 bits per heavy atom. The van der Waals surface area contributed by atoms with Crippen LogP contribution >= 0.6 is 0 Å². The molecule has 0 fully saturated rings. The zero-order valence-corrected chi connectivity index (χ0v) is 13.8. The summed E-state index contributed by atoms with van der Waals surface area (Å²) in [6.07, 6.45) is 5.21. The Labute approximate surface area is 135 Å². The predicted octanol–water partition coefficient (Wildman–Crippen LogP) is 3.73. The first-order chi connectivity index (χ1) is 11.0. The highest BCUT2D eigenvalue weighted by Gasteiger charge is 2.13. The highest BCUT2D eigenvalue weighted by Crippen LogP contribution is 2.33. The van der Waals surface area contributed by atoms with Crippen LogP contribution in [0.1, 0.15) is 25.3 Å². The lowest BCUT2D eigenvalue weighted by molar-refractivity contribution is 0.408. The van der Waals surface area contributed by atoms with Gasteiger partial charge in [-0.2, -0.15) is 0 Å². The number of pyridine rings is 2. The first kappa shape index (κ1) is 15.3. The predicted molar refractivity (Wildman–Crippen MR) is 93.1 cm³/mol. The Morgan fingerprint density at radius 3 is 2.65 bits per heavy atom. The lowest BCUT2D eigenvalue weighted by Gasteiger charge is -2.15. The van der Waals surface area contributed by atoms with Crippen LogP contribution in [-0.2, 0) is 7.05 Å². The molecule has 1 aromatic carbocycles. The zero-order valence-electron chi connectivity index (χ0n) is 13.8. The Hall–Kier alpha value is -2.62. The summed E-state index contributed by atoms with van der Waals surface area (Å²) in [5.74, 6) is 1.26. The van der Waals surface area contributed by atoms with Gasteiger partial charge in [0.1, 0.15) is 5.75 Å². The van der Waals surface area contributed by atoms with Crippen molar-refractivity contribution in [3.63, 3.8) is 0 Å². The quantitative estimate of drug-likeness (QED) is 0.740. The molecule has 0 aliphatic carbocycles. The van der Waals surface area contributed by atoms with Crippen molar-refractivity contribution in [3.05, 3.63) is 58.8 Å². The van der Waals surface area contributed by atoms with E-state index in [1.54, 1.807) is 31.1 Å². The van der Waals surface area contributed by atoms with E-state index in [-0.39, 0.29) is 5.56 Å². The molecule has 0 aliphatic heterocycles. The van der Waals surface area contributed by atoms with Crippen LogP contribution in [0.3, 0.4) is 0 Å². The van der Waals surface area contributed by atoms with Gasteiger partial charge in [-0.25, -0.2) is 0 Å². The van der Waals surface area contributed by atoms with E-state index in [4.69, 9.17) is 4.74 Å². The third kappa shape index (κ3) is 2.61. The van der Waals surface area contributed by atoms with Gasteiger partial charge in [0.2, 0.25) is 0 Å². The molecular formula is C19H20N2O2. The second-order valence-electron chi connectivity index (χ2n) is 5.99. The van der Waals surface area contributed by atoms with E-state index in [9.17, 15) is 4.79 Å². The fourth-order valence-corrected chi connectivity index (χ4v) is 2.90. The van der Waals surface area contributed by atoms with E-state index in [0.29, 0.717) is 11.3 Å². The monoisotopic (exact) mass is 308 g/mol. The highest BCUT2D eigenvalue weighted by molar-refractivity contribution is 5.95. The van der Waals surface area contributed by atoms with E-state index in [1.807, 2.05) is 18.3 Å². The average Bonchev–Trinajstić information content (AvgIpc) is 2.57. The van der Waals surface area contributed by atoms with E-state index in [2.05, 4.69) is 31.0 Å². The van der Waals surface area contributed by atoms with Gasteiger partial charge in [-0.05, 0) is 34.6 Å². The molecule has 2 heterocycles. The van der Waals surface area contributed by atoms with E-state index in [1.165, 1.54) is 5.56 Å². The van der Waals surface area contributed by atoms with Crippen LogP contribution in [-0.4, -0.2) is 16.7 Å². The second-order valence-corrected chi connectivity index (χ2v) is 5.99. The molecule has 0 saturated heterocycles. The Kier molecular flexibility index (Phi) is 3.90. The first-order valence-electron chi connectivity index (χ1n) is 7.64. The summed E-state index contributed by atoms with van der Waals surface area (Å²) in [4.78, 5) is 16.4. The molecule has 0 aliphatic rings. The molecular weight excluding hydrogens is 288 g/mol. The van der Waals surface area contributed by atoms with Crippen molar-refractivity contribution >= 4 is 10.8 Å². The maximum atomic E-state index is 12.3. The standard InChI is InChI=1S/C19H20N2O2/c1-12(2)14-6-5-13(9-18(14)23-4)17-11-21(3)19(22)16-10-20-8-7-15(16)17/h5-12H,1-4H3. The summed E-state index contributed by atoms with van der Waals surface area (Å²) in [5.41, 5.74) is 3.16. The van der Waals surface area contributed by atoms with Gasteiger partial charge in [0.25, 0.3) is 5.56 Å². The van der Waals surface area contributed by atoms with Crippen molar-refractivity contribution in [3.8, 4) is 16.9 Å². The number of benzene rings is 1. The number of methoxy groups -OCH3 is 1. The number of fused-ring (bicyclic) bond motifs is 1. The molecule has 118 valence electrons. The maximum absolute atomic E-state index is 12.3. The molecule has 0 atom stereocenters. The van der Waals surface area contributed by atoms with Gasteiger partial charge in [0, 0.05) is 31.2 Å². The smallest absolute Gasteiger partial charge is 0.259 e. The molecule has 3 aromatic rings. The van der Waals surface area contributed by atoms with Crippen LogP contribution in [0, 0.1) is 0 Å². The van der Waals surface area contributed by atoms with Gasteiger partial charge >= 0.3 is 0 Å². The third-order valence-electron chi connectivity index (χ3n) is 4.15. The molecule has 4 heteroatoms. The van der Waals surface area contributed by atoms with Crippen molar-refractivity contribution in [1.29, 1.82) is 0 Å². The lowest BCUT2D eigenvalue weighted by Crippen LogP contribution is -2.16. The Bertz CT molecular complexity index is 926. The molecule has 3 rings (SSSR count). The Morgan fingerprint density at radius 2 is 1.96 bits per heavy atom. The minimum absolute atomic E-state index is 0.0392. The summed E-state index contributed by atoms with van der Waals surface area (Å²) in [5, 5.41) is 1.53. The van der Waals surface area contributed by atoms with Gasteiger partial charge in [-0.15, -0.1) is 0 Å². The fraction of sp³-hybridized carbons (Fsp3) is 0.263. The molecule has 0 saturated carbocycles. The molecule has 0 bridgehead atoms. The van der Waals surface area contributed by atoms with Crippen LogP contribution in [0.5, 0.6) is 5.75 Å². The van der Waals surface area contributed by atoms with E-state index < -0.39 is 0 Å². The van der Waals surface area contributed by atoms with Crippen molar-refractivity contribution in [2.24, 2.45) is 7.05 Å². The minimum atomic E-state index is -0.0392. The number of aryl methyl sites for hydroxylation is 1. The maximum Gasteiger partial charge on any atom is 0.259 e. The Balaban J connectivity index is 2.29. The SMILES string of the molecule is COc1cc(-c2cn(C)c(=O)c3cnccc23)ccc1C(C)C. The summed E-state index contributed by atoms with van der Waals surface area (Å²) in [7, 11) is 3.45. The van der Waals surface area contributed by atoms with Crippen LogP contribution in [0.15, 0.2) is 47.7 Å². The van der Waals surface area contributed by atoms with E-state index >= 15 is 0 Å². The number of aromatic nitrogens is 2. The van der Waals surface area contributed by atoms with Crippen molar-refractivity contribution < 1.29 is 4.74 Å². The number of hydrogen-bond acceptors (Lipinski definition) is 3. The molecule has 2 aromatic heterocycles. The number of hydrogen-bond donors (Lipinski definition) is 0. The molecule has 0 spiro atoms. The number of nitrogens with zero attached hydrogens (tertiary/aromatic N) is 2. The second kappa shape index (κ2) is 5.88. The van der Waals surface area contributed by atoms with Gasteiger partial charge in [0.15, 0.2) is 0 Å². The van der Waals surface area contributed by atoms with E-state index in [0.717, 1.165) is 22.3 Å².